The molecule has 22 heavy (non-hydrogen) atoms. The van der Waals surface area contributed by atoms with Crippen LogP contribution in [0, 0.1) is 0 Å². The number of aliphatic carboxylic acids is 1. The van der Waals surface area contributed by atoms with Crippen LogP contribution in [-0.2, 0) is 11.2 Å². The Labute approximate surface area is 129 Å². The molecule has 2 aromatic rings. The average molecular weight is 304 g/mol. The molecule has 0 saturated heterocycles. The number of rotatable bonds is 6. The van der Waals surface area contributed by atoms with E-state index in [9.17, 15) is 4.79 Å². The molecule has 1 aromatic heterocycles. The summed E-state index contributed by atoms with van der Waals surface area (Å²) in [5.41, 5.74) is 2.09. The van der Waals surface area contributed by atoms with E-state index in [0.717, 1.165) is 11.4 Å². The Morgan fingerprint density at radius 3 is 2.59 bits per heavy atom. The maximum absolute atomic E-state index is 11.1. The maximum Gasteiger partial charge on any atom is 0.308 e. The lowest BCUT2D eigenvalue weighted by molar-refractivity contribution is -0.136. The summed E-state index contributed by atoms with van der Waals surface area (Å²) in [5.74, 6) is 0.320. The highest BCUT2D eigenvalue weighted by Gasteiger charge is 2.23. The monoisotopic (exact) mass is 304 g/mol. The topological polar surface area (TPSA) is 73.6 Å². The van der Waals surface area contributed by atoms with Crippen LogP contribution in [0.2, 0.25) is 0 Å². The van der Waals surface area contributed by atoms with Crippen LogP contribution in [-0.4, -0.2) is 35.1 Å². The number of methoxy groups -OCH3 is 2. The van der Waals surface area contributed by atoms with E-state index in [1.165, 1.54) is 7.11 Å². The summed E-state index contributed by atoms with van der Waals surface area (Å²) in [6, 6.07) is 7.37. The molecule has 0 saturated carbocycles. The van der Waals surface area contributed by atoms with Gasteiger partial charge >= 0.3 is 5.97 Å². The summed E-state index contributed by atoms with van der Waals surface area (Å²) >= 11 is 0. The van der Waals surface area contributed by atoms with Crippen molar-refractivity contribution >= 4 is 5.97 Å². The fourth-order valence-electron chi connectivity index (χ4n) is 2.36. The quantitative estimate of drug-likeness (QED) is 0.888. The standard InChI is InChI=1S/C16H20N2O4/c1-10(2)15-13(9-14(19)20)16(22-4)18(17-15)11-6-5-7-12(8-11)21-3/h5-8,10H,9H2,1-4H3,(H,19,20). The van der Waals surface area contributed by atoms with Crippen LogP contribution in [0.3, 0.4) is 0 Å². The van der Waals surface area contributed by atoms with Crippen LogP contribution >= 0.6 is 0 Å². The first-order valence-corrected chi connectivity index (χ1v) is 7.00. The lowest BCUT2D eigenvalue weighted by Crippen LogP contribution is -2.05. The average Bonchev–Trinajstić information content (AvgIpc) is 2.85. The van der Waals surface area contributed by atoms with Gasteiger partial charge in [-0.1, -0.05) is 19.9 Å². The SMILES string of the molecule is COc1cccc(-n2nc(C(C)C)c(CC(=O)O)c2OC)c1. The Hall–Kier alpha value is -2.50. The smallest absolute Gasteiger partial charge is 0.308 e. The zero-order valence-electron chi connectivity index (χ0n) is 13.2. The minimum absolute atomic E-state index is 0.0927. The predicted octanol–water partition coefficient (Wildman–Crippen LogP) is 2.64. The van der Waals surface area contributed by atoms with Crippen molar-refractivity contribution in [2.75, 3.05) is 14.2 Å². The van der Waals surface area contributed by atoms with E-state index < -0.39 is 5.97 Å². The Bertz CT molecular complexity index is 677. The van der Waals surface area contributed by atoms with E-state index in [-0.39, 0.29) is 12.3 Å². The van der Waals surface area contributed by atoms with Crippen molar-refractivity contribution in [3.63, 3.8) is 0 Å². The van der Waals surface area contributed by atoms with Crippen LogP contribution in [0.4, 0.5) is 0 Å². The first-order chi connectivity index (χ1) is 10.5. The fourth-order valence-corrected chi connectivity index (χ4v) is 2.36. The Balaban J connectivity index is 2.62. The minimum atomic E-state index is -0.912. The second-order valence-electron chi connectivity index (χ2n) is 5.21. The lowest BCUT2D eigenvalue weighted by Gasteiger charge is -2.08. The summed E-state index contributed by atoms with van der Waals surface area (Å²) in [5, 5.41) is 13.7. The van der Waals surface area contributed by atoms with Crippen LogP contribution in [0.25, 0.3) is 5.69 Å². The number of hydrogen-bond acceptors (Lipinski definition) is 4. The van der Waals surface area contributed by atoms with Crippen LogP contribution in [0.1, 0.15) is 31.0 Å². The molecule has 0 amide bonds. The molecule has 0 atom stereocenters. The van der Waals surface area contributed by atoms with E-state index in [2.05, 4.69) is 5.10 Å². The molecule has 2 rings (SSSR count). The number of carbonyl (C=O) groups is 1. The van der Waals surface area contributed by atoms with Crippen molar-refractivity contribution in [1.29, 1.82) is 0 Å². The molecule has 0 unspecified atom stereocenters. The molecule has 0 aliphatic heterocycles. The number of carboxylic acids is 1. The number of nitrogens with zero attached hydrogens (tertiary/aromatic N) is 2. The van der Waals surface area contributed by atoms with Crippen molar-refractivity contribution in [1.82, 2.24) is 9.78 Å². The van der Waals surface area contributed by atoms with Gasteiger partial charge < -0.3 is 14.6 Å². The molecule has 1 N–H and O–H groups in total. The highest BCUT2D eigenvalue weighted by Crippen LogP contribution is 2.31. The Kier molecular flexibility index (Phi) is 4.70. The highest BCUT2D eigenvalue weighted by molar-refractivity contribution is 5.72. The molecule has 0 spiro atoms. The predicted molar refractivity (Wildman–Crippen MR) is 82.1 cm³/mol. The molecule has 0 radical (unpaired) electrons. The second kappa shape index (κ2) is 6.51. The van der Waals surface area contributed by atoms with Gasteiger partial charge in [-0.05, 0) is 18.1 Å². The largest absolute Gasteiger partial charge is 0.497 e. The van der Waals surface area contributed by atoms with Crippen molar-refractivity contribution in [2.24, 2.45) is 0 Å². The normalized spacial score (nSPS) is 10.8. The van der Waals surface area contributed by atoms with Crippen LogP contribution in [0.5, 0.6) is 11.6 Å². The molecular weight excluding hydrogens is 284 g/mol. The summed E-state index contributed by atoms with van der Waals surface area (Å²) in [7, 11) is 3.11. The van der Waals surface area contributed by atoms with Crippen molar-refractivity contribution in [3.8, 4) is 17.3 Å². The van der Waals surface area contributed by atoms with E-state index in [1.54, 1.807) is 11.8 Å². The van der Waals surface area contributed by atoms with E-state index in [1.807, 2.05) is 38.1 Å². The molecule has 0 aliphatic rings. The molecule has 1 heterocycles. The van der Waals surface area contributed by atoms with Crippen molar-refractivity contribution < 1.29 is 19.4 Å². The minimum Gasteiger partial charge on any atom is -0.497 e. The van der Waals surface area contributed by atoms with Gasteiger partial charge in [0.05, 0.1) is 32.0 Å². The van der Waals surface area contributed by atoms with Gasteiger partial charge in [-0.15, -0.1) is 0 Å². The first-order valence-electron chi connectivity index (χ1n) is 7.00. The van der Waals surface area contributed by atoms with Crippen molar-refractivity contribution in [3.05, 3.63) is 35.5 Å². The third-order valence-electron chi connectivity index (χ3n) is 3.33. The molecule has 0 aliphatic carbocycles. The zero-order valence-corrected chi connectivity index (χ0v) is 13.2. The second-order valence-corrected chi connectivity index (χ2v) is 5.21. The Morgan fingerprint density at radius 2 is 2.05 bits per heavy atom. The Morgan fingerprint density at radius 1 is 1.32 bits per heavy atom. The molecule has 6 heteroatoms. The third-order valence-corrected chi connectivity index (χ3v) is 3.33. The first kappa shape index (κ1) is 15.9. The van der Waals surface area contributed by atoms with Gasteiger partial charge in [0.1, 0.15) is 5.75 Å². The summed E-state index contributed by atoms with van der Waals surface area (Å²) in [6.45, 7) is 3.95. The van der Waals surface area contributed by atoms with Gasteiger partial charge in [0.15, 0.2) is 0 Å². The number of ether oxygens (including phenoxy) is 2. The van der Waals surface area contributed by atoms with Gasteiger partial charge in [-0.3, -0.25) is 4.79 Å². The van der Waals surface area contributed by atoms with Crippen LogP contribution in [0.15, 0.2) is 24.3 Å². The summed E-state index contributed by atoms with van der Waals surface area (Å²) in [4.78, 5) is 11.1. The number of benzene rings is 1. The van der Waals surface area contributed by atoms with Gasteiger partial charge in [-0.25, -0.2) is 4.68 Å². The van der Waals surface area contributed by atoms with Gasteiger partial charge in [-0.2, -0.15) is 5.10 Å². The molecule has 118 valence electrons. The molecule has 6 nitrogen and oxygen atoms in total. The van der Waals surface area contributed by atoms with Gasteiger partial charge in [0.25, 0.3) is 0 Å². The lowest BCUT2D eigenvalue weighted by atomic mass is 10.0. The van der Waals surface area contributed by atoms with E-state index in [0.29, 0.717) is 17.2 Å². The zero-order chi connectivity index (χ0) is 16.3. The molecular formula is C16H20N2O4. The third kappa shape index (κ3) is 3.05. The molecule has 0 bridgehead atoms. The van der Waals surface area contributed by atoms with Gasteiger partial charge in [0.2, 0.25) is 5.88 Å². The summed E-state index contributed by atoms with van der Waals surface area (Å²) < 4.78 is 12.3. The van der Waals surface area contributed by atoms with Crippen molar-refractivity contribution in [2.45, 2.75) is 26.2 Å². The number of carboxylic acid groups (broad SMARTS) is 1. The maximum atomic E-state index is 11.1. The van der Waals surface area contributed by atoms with Crippen LogP contribution < -0.4 is 9.47 Å². The highest BCUT2D eigenvalue weighted by atomic mass is 16.5. The number of hydrogen-bond donors (Lipinski definition) is 1. The number of aromatic nitrogens is 2. The molecule has 1 aromatic carbocycles. The van der Waals surface area contributed by atoms with Gasteiger partial charge in [0, 0.05) is 11.6 Å². The molecule has 0 fully saturated rings. The van der Waals surface area contributed by atoms with E-state index in [4.69, 9.17) is 14.6 Å². The fraction of sp³-hybridized carbons (Fsp3) is 0.375. The summed E-state index contributed by atoms with van der Waals surface area (Å²) in [6.07, 6.45) is -0.124. The van der Waals surface area contributed by atoms with E-state index >= 15 is 0 Å².